The molecule has 3 atom stereocenters. The minimum atomic E-state index is -2.97. The van der Waals surface area contributed by atoms with Crippen LogP contribution in [-0.2, 0) is 0 Å². The van der Waals surface area contributed by atoms with Crippen LogP contribution in [0.1, 0.15) is 35.7 Å². The van der Waals surface area contributed by atoms with E-state index in [0.29, 0.717) is 24.9 Å². The van der Waals surface area contributed by atoms with Gasteiger partial charge in [-0.05, 0) is 25.3 Å². The quantitative estimate of drug-likeness (QED) is 0.602. The normalized spacial score (nSPS) is 22.2. The lowest BCUT2D eigenvalue weighted by atomic mass is 9.83. The molecular formula is C18H22F2N6O3. The first kappa shape index (κ1) is 20.6. The predicted molar refractivity (Wildman–Crippen MR) is 102 cm³/mol. The highest BCUT2D eigenvalue weighted by molar-refractivity contribution is 5.98. The lowest BCUT2D eigenvalue weighted by molar-refractivity contribution is -0.0528. The molecule has 0 spiro atoms. The highest BCUT2D eigenvalue weighted by Crippen LogP contribution is 2.34. The molecule has 0 aliphatic heterocycles. The van der Waals surface area contributed by atoms with E-state index in [1.807, 2.05) is 0 Å². The van der Waals surface area contributed by atoms with E-state index in [1.165, 1.54) is 18.3 Å². The summed E-state index contributed by atoms with van der Waals surface area (Å²) in [5.74, 6) is -0.709. The monoisotopic (exact) mass is 408 g/mol. The number of nitrogens with two attached hydrogens (primary N) is 1. The maximum Gasteiger partial charge on any atom is 0.388 e. The Kier molecular flexibility index (Phi) is 6.37. The molecule has 1 saturated carbocycles. The van der Waals surface area contributed by atoms with Gasteiger partial charge in [-0.3, -0.25) is 9.48 Å². The minimum Gasteiger partial charge on any atom is -0.417 e. The van der Waals surface area contributed by atoms with Gasteiger partial charge in [0.25, 0.3) is 5.91 Å². The average Bonchev–Trinajstić information content (AvgIpc) is 3.07. The highest BCUT2D eigenvalue weighted by atomic mass is 19.3. The Hall–Kier alpha value is -3.08. The second kappa shape index (κ2) is 8.95. The number of aliphatic imine (C=N–C) groups is 1. The number of hydrogen-bond acceptors (Lipinski definition) is 7. The van der Waals surface area contributed by atoms with Crippen molar-refractivity contribution in [2.24, 2.45) is 16.6 Å². The van der Waals surface area contributed by atoms with Crippen molar-refractivity contribution in [1.82, 2.24) is 14.8 Å². The number of aliphatic hydroxyl groups is 1. The summed E-state index contributed by atoms with van der Waals surface area (Å²) in [4.78, 5) is 19.7. The molecule has 11 heteroatoms. The zero-order valence-electron chi connectivity index (χ0n) is 15.7. The molecule has 0 unspecified atom stereocenters. The third kappa shape index (κ3) is 5.05. The number of anilines is 2. The van der Waals surface area contributed by atoms with E-state index in [1.54, 1.807) is 24.1 Å². The first-order chi connectivity index (χ1) is 13.9. The fourth-order valence-corrected chi connectivity index (χ4v) is 3.43. The fourth-order valence-electron chi connectivity index (χ4n) is 3.43. The van der Waals surface area contributed by atoms with Crippen LogP contribution >= 0.6 is 0 Å². The van der Waals surface area contributed by atoms with Crippen LogP contribution in [0.5, 0.6) is 5.88 Å². The Morgan fingerprint density at radius 2 is 2.28 bits per heavy atom. The number of nitrogens with zero attached hydrogens (tertiary/aromatic N) is 4. The van der Waals surface area contributed by atoms with E-state index >= 15 is 0 Å². The Bertz CT molecular complexity index is 871. The largest absolute Gasteiger partial charge is 0.417 e. The molecule has 0 radical (unpaired) electrons. The number of primary amides is 1. The van der Waals surface area contributed by atoms with Crippen LogP contribution < -0.4 is 15.8 Å². The highest BCUT2D eigenvalue weighted by Gasteiger charge is 2.31. The third-order valence-electron chi connectivity index (χ3n) is 4.72. The van der Waals surface area contributed by atoms with E-state index in [9.17, 15) is 18.7 Å². The summed E-state index contributed by atoms with van der Waals surface area (Å²) < 4.78 is 30.3. The fraction of sp³-hybridized carbons (Fsp3) is 0.444. The van der Waals surface area contributed by atoms with E-state index in [0.717, 1.165) is 0 Å². The number of aromatic nitrogens is 3. The van der Waals surface area contributed by atoms with Gasteiger partial charge >= 0.3 is 6.61 Å². The van der Waals surface area contributed by atoms with Gasteiger partial charge in [0.1, 0.15) is 5.56 Å². The van der Waals surface area contributed by atoms with Crippen molar-refractivity contribution in [1.29, 1.82) is 0 Å². The van der Waals surface area contributed by atoms with E-state index in [4.69, 9.17) is 5.73 Å². The van der Waals surface area contributed by atoms with Crippen molar-refractivity contribution in [3.05, 3.63) is 30.1 Å². The van der Waals surface area contributed by atoms with E-state index < -0.39 is 18.6 Å². The Morgan fingerprint density at radius 1 is 1.48 bits per heavy atom. The van der Waals surface area contributed by atoms with Crippen LogP contribution in [0.15, 0.2) is 29.5 Å². The molecule has 9 nitrogen and oxygen atoms in total. The maximum absolute atomic E-state index is 12.2. The number of ether oxygens (including phenoxy) is 1. The van der Waals surface area contributed by atoms with Crippen LogP contribution in [0.3, 0.4) is 0 Å². The number of nitrogens with one attached hydrogen (secondary N) is 1. The standard InChI is InChI=1S/C18H22F2N6O3/c1-22-7-10-6-12(27)3-4-14(10)26-9-13(16(21)28)17(25-26)24-11-2-5-15(23-8-11)29-18(19)20/h2,5,7-10,12,14,18,27H,3-4,6H2,1H3,(H2,21,28)(H,24,25)/b22-7-/t10-,12-,14+/m1/s1. The minimum absolute atomic E-state index is 0.0373. The second-order valence-corrected chi connectivity index (χ2v) is 6.73. The van der Waals surface area contributed by atoms with Crippen LogP contribution in [0.2, 0.25) is 0 Å². The average molecular weight is 408 g/mol. The second-order valence-electron chi connectivity index (χ2n) is 6.73. The van der Waals surface area contributed by atoms with Crippen molar-refractivity contribution in [3.63, 3.8) is 0 Å². The van der Waals surface area contributed by atoms with Crippen LogP contribution in [0.25, 0.3) is 0 Å². The number of carbonyl (C=O) groups is 1. The molecule has 2 aromatic heterocycles. The Morgan fingerprint density at radius 3 is 2.90 bits per heavy atom. The van der Waals surface area contributed by atoms with Gasteiger partial charge in [0.15, 0.2) is 5.82 Å². The molecule has 29 heavy (non-hydrogen) atoms. The van der Waals surface area contributed by atoms with Gasteiger partial charge in [0, 0.05) is 31.4 Å². The number of pyridine rings is 1. The van der Waals surface area contributed by atoms with Gasteiger partial charge in [0.2, 0.25) is 5.88 Å². The number of hydrogen-bond donors (Lipinski definition) is 3. The zero-order chi connectivity index (χ0) is 21.0. The Balaban J connectivity index is 1.84. The smallest absolute Gasteiger partial charge is 0.388 e. The first-order valence-electron chi connectivity index (χ1n) is 9.04. The van der Waals surface area contributed by atoms with Crippen molar-refractivity contribution < 1.29 is 23.4 Å². The molecule has 4 N–H and O–H groups in total. The van der Waals surface area contributed by atoms with E-state index in [2.05, 4.69) is 25.1 Å². The van der Waals surface area contributed by atoms with Crippen LogP contribution in [-0.4, -0.2) is 51.8 Å². The van der Waals surface area contributed by atoms with Gasteiger partial charge in [-0.1, -0.05) is 0 Å². The lowest BCUT2D eigenvalue weighted by Crippen LogP contribution is -2.31. The van der Waals surface area contributed by atoms with Crippen molar-refractivity contribution in [3.8, 4) is 5.88 Å². The number of carbonyl (C=O) groups excluding carboxylic acids is 1. The van der Waals surface area contributed by atoms with Crippen molar-refractivity contribution in [2.45, 2.75) is 38.0 Å². The predicted octanol–water partition coefficient (Wildman–Crippen LogP) is 2.12. The molecule has 1 aliphatic rings. The number of alkyl halides is 2. The van der Waals surface area contributed by atoms with Gasteiger partial charge in [-0.25, -0.2) is 4.98 Å². The molecule has 2 aromatic rings. The summed E-state index contributed by atoms with van der Waals surface area (Å²) in [6.45, 7) is -2.97. The molecule has 1 aliphatic carbocycles. The number of amides is 1. The van der Waals surface area contributed by atoms with Crippen LogP contribution in [0.4, 0.5) is 20.3 Å². The molecule has 2 heterocycles. The van der Waals surface area contributed by atoms with Gasteiger partial charge in [0.05, 0.1) is 24.0 Å². The Labute approximate surface area is 165 Å². The van der Waals surface area contributed by atoms with Gasteiger partial charge in [-0.2, -0.15) is 13.9 Å². The SMILES string of the molecule is C/N=C\[C@H]1C[C@H](O)CC[C@@H]1n1cc(C(N)=O)c(Nc2ccc(OC(F)F)nc2)n1. The molecule has 0 bridgehead atoms. The summed E-state index contributed by atoms with van der Waals surface area (Å²) in [7, 11) is 1.66. The summed E-state index contributed by atoms with van der Waals surface area (Å²) in [5, 5.41) is 17.3. The molecule has 1 amide bonds. The van der Waals surface area contributed by atoms with Crippen molar-refractivity contribution in [2.75, 3.05) is 12.4 Å². The molecular weight excluding hydrogens is 386 g/mol. The van der Waals surface area contributed by atoms with E-state index in [-0.39, 0.29) is 29.2 Å². The summed E-state index contributed by atoms with van der Waals surface area (Å²) >= 11 is 0. The molecule has 0 aromatic carbocycles. The van der Waals surface area contributed by atoms with Crippen LogP contribution in [0, 0.1) is 5.92 Å². The first-order valence-corrected chi connectivity index (χ1v) is 9.04. The van der Waals surface area contributed by atoms with Gasteiger partial charge < -0.3 is 25.9 Å². The van der Waals surface area contributed by atoms with Crippen molar-refractivity contribution >= 4 is 23.6 Å². The number of rotatable bonds is 7. The zero-order valence-corrected chi connectivity index (χ0v) is 15.7. The third-order valence-corrected chi connectivity index (χ3v) is 4.72. The number of halogens is 2. The topological polar surface area (TPSA) is 128 Å². The molecule has 156 valence electrons. The summed E-state index contributed by atoms with van der Waals surface area (Å²) in [6.07, 6.45) is 6.04. The summed E-state index contributed by atoms with van der Waals surface area (Å²) in [5.41, 5.74) is 6.09. The summed E-state index contributed by atoms with van der Waals surface area (Å²) in [6, 6.07) is 2.65. The molecule has 3 rings (SSSR count). The van der Waals surface area contributed by atoms with Gasteiger partial charge in [-0.15, -0.1) is 0 Å². The molecule has 0 saturated heterocycles. The maximum atomic E-state index is 12.2. The lowest BCUT2D eigenvalue weighted by Gasteiger charge is -2.32. The number of aliphatic hydroxyl groups excluding tert-OH is 1. The molecule has 1 fully saturated rings.